The number of nitrogen functional groups attached to an aromatic ring is 1. The van der Waals surface area contributed by atoms with Gasteiger partial charge in [0.15, 0.2) is 0 Å². The first-order chi connectivity index (χ1) is 8.97. The van der Waals surface area contributed by atoms with E-state index in [1.807, 2.05) is 5.38 Å². The number of thiazole rings is 1. The molecule has 0 spiro atoms. The Morgan fingerprint density at radius 3 is 2.74 bits per heavy atom. The second kappa shape index (κ2) is 5.55. The number of nitrogens with two attached hydrogens (primary N) is 2. The van der Waals surface area contributed by atoms with Crippen LogP contribution in [0.2, 0.25) is 0 Å². The minimum Gasteiger partial charge on any atom is -0.397 e. The summed E-state index contributed by atoms with van der Waals surface area (Å²) in [7, 11) is -3.71. The van der Waals surface area contributed by atoms with Crippen molar-refractivity contribution in [1.82, 2.24) is 4.98 Å². The quantitative estimate of drug-likeness (QED) is 0.714. The standard InChI is InChI=1S/C11H14N4O2S2/c12-10-5-9(19(13,16)17)1-2-11(10)14-4-3-8-6-18-7-15-8/h1-2,5-7,14H,3-4,12H2,(H2,13,16,17). The van der Waals surface area contributed by atoms with Gasteiger partial charge < -0.3 is 11.1 Å². The lowest BCUT2D eigenvalue weighted by Crippen LogP contribution is -2.13. The number of nitrogens with zero attached hydrogens (tertiary/aromatic N) is 1. The molecule has 8 heteroatoms. The van der Waals surface area contributed by atoms with Crippen molar-refractivity contribution >= 4 is 32.7 Å². The van der Waals surface area contributed by atoms with Gasteiger partial charge in [0.2, 0.25) is 10.0 Å². The average molecular weight is 298 g/mol. The fourth-order valence-electron chi connectivity index (χ4n) is 1.57. The van der Waals surface area contributed by atoms with Crippen LogP contribution in [0.3, 0.4) is 0 Å². The van der Waals surface area contributed by atoms with Crippen molar-refractivity contribution in [2.24, 2.45) is 5.14 Å². The van der Waals surface area contributed by atoms with Gasteiger partial charge in [0.25, 0.3) is 0 Å². The number of primary sulfonamides is 1. The van der Waals surface area contributed by atoms with Gasteiger partial charge in [-0.3, -0.25) is 0 Å². The number of anilines is 2. The Balaban J connectivity index is 2.01. The molecule has 0 bridgehead atoms. The van der Waals surface area contributed by atoms with Gasteiger partial charge in [0, 0.05) is 18.3 Å². The zero-order chi connectivity index (χ0) is 13.9. The number of benzene rings is 1. The molecular formula is C11H14N4O2S2. The molecule has 0 saturated carbocycles. The third kappa shape index (κ3) is 3.66. The largest absolute Gasteiger partial charge is 0.397 e. The highest BCUT2D eigenvalue weighted by Gasteiger charge is 2.09. The Kier molecular flexibility index (Phi) is 4.03. The van der Waals surface area contributed by atoms with Crippen LogP contribution in [0.1, 0.15) is 5.69 Å². The summed E-state index contributed by atoms with van der Waals surface area (Å²) < 4.78 is 22.3. The van der Waals surface area contributed by atoms with Gasteiger partial charge in [-0.1, -0.05) is 0 Å². The van der Waals surface area contributed by atoms with Crippen LogP contribution in [0.25, 0.3) is 0 Å². The van der Waals surface area contributed by atoms with Crippen LogP contribution in [-0.2, 0) is 16.4 Å². The lowest BCUT2D eigenvalue weighted by Gasteiger charge is -2.09. The molecule has 19 heavy (non-hydrogen) atoms. The lowest BCUT2D eigenvalue weighted by molar-refractivity contribution is 0.598. The van der Waals surface area contributed by atoms with Gasteiger partial charge in [-0.05, 0) is 18.2 Å². The minimum absolute atomic E-state index is 0.00931. The summed E-state index contributed by atoms with van der Waals surface area (Å²) in [6, 6.07) is 4.38. The van der Waals surface area contributed by atoms with Crippen LogP contribution in [0, 0.1) is 0 Å². The smallest absolute Gasteiger partial charge is 0.238 e. The van der Waals surface area contributed by atoms with Crippen LogP contribution in [-0.4, -0.2) is 19.9 Å². The van der Waals surface area contributed by atoms with E-state index in [0.717, 1.165) is 12.1 Å². The fourth-order valence-corrected chi connectivity index (χ4v) is 2.71. The molecule has 2 aromatic rings. The lowest BCUT2D eigenvalue weighted by atomic mass is 10.2. The van der Waals surface area contributed by atoms with Crippen LogP contribution in [0.4, 0.5) is 11.4 Å². The summed E-state index contributed by atoms with van der Waals surface area (Å²) in [4.78, 5) is 4.18. The molecule has 0 unspecified atom stereocenters. The third-order valence-electron chi connectivity index (χ3n) is 2.53. The van der Waals surface area contributed by atoms with Crippen molar-refractivity contribution < 1.29 is 8.42 Å². The second-order valence-corrected chi connectivity index (χ2v) is 6.23. The number of nitrogens with one attached hydrogen (secondary N) is 1. The van der Waals surface area contributed by atoms with E-state index in [4.69, 9.17) is 10.9 Å². The normalized spacial score (nSPS) is 11.4. The van der Waals surface area contributed by atoms with Gasteiger partial charge in [-0.15, -0.1) is 11.3 Å². The summed E-state index contributed by atoms with van der Waals surface area (Å²) in [6.45, 7) is 0.669. The topological polar surface area (TPSA) is 111 Å². The van der Waals surface area contributed by atoms with Crippen LogP contribution >= 0.6 is 11.3 Å². The highest BCUT2D eigenvalue weighted by Crippen LogP contribution is 2.21. The maximum Gasteiger partial charge on any atom is 0.238 e. The van der Waals surface area contributed by atoms with Crippen molar-refractivity contribution in [3.63, 3.8) is 0 Å². The van der Waals surface area contributed by atoms with E-state index in [1.165, 1.54) is 12.1 Å². The molecule has 0 amide bonds. The predicted molar refractivity (Wildman–Crippen MR) is 76.5 cm³/mol. The second-order valence-electron chi connectivity index (χ2n) is 3.95. The molecule has 0 radical (unpaired) electrons. The number of sulfonamides is 1. The zero-order valence-electron chi connectivity index (χ0n) is 10.0. The zero-order valence-corrected chi connectivity index (χ0v) is 11.7. The molecule has 0 aliphatic carbocycles. The van der Waals surface area contributed by atoms with Gasteiger partial charge in [-0.25, -0.2) is 18.5 Å². The van der Waals surface area contributed by atoms with Crippen molar-refractivity contribution in [2.75, 3.05) is 17.6 Å². The summed E-state index contributed by atoms with van der Waals surface area (Å²) in [5.41, 5.74) is 9.61. The van der Waals surface area contributed by atoms with Gasteiger partial charge in [0.05, 0.1) is 27.5 Å². The molecule has 0 atom stereocenters. The molecule has 6 nitrogen and oxygen atoms in total. The van der Waals surface area contributed by atoms with Crippen LogP contribution in [0.15, 0.2) is 34.0 Å². The molecule has 1 aromatic carbocycles. The van der Waals surface area contributed by atoms with E-state index in [0.29, 0.717) is 17.9 Å². The molecule has 0 aliphatic heterocycles. The highest BCUT2D eigenvalue weighted by molar-refractivity contribution is 7.89. The van der Waals surface area contributed by atoms with E-state index >= 15 is 0 Å². The van der Waals surface area contributed by atoms with Gasteiger partial charge >= 0.3 is 0 Å². The van der Waals surface area contributed by atoms with Crippen molar-refractivity contribution in [2.45, 2.75) is 11.3 Å². The Labute approximate surface area is 115 Å². The van der Waals surface area contributed by atoms with Gasteiger partial charge in [0.1, 0.15) is 0 Å². The maximum atomic E-state index is 11.2. The Hall–Kier alpha value is -1.64. The summed E-state index contributed by atoms with van der Waals surface area (Å²) in [5, 5.41) is 10.1. The Bertz CT molecular complexity index is 653. The Morgan fingerprint density at radius 1 is 1.37 bits per heavy atom. The average Bonchev–Trinajstić information content (AvgIpc) is 2.83. The Morgan fingerprint density at radius 2 is 2.16 bits per heavy atom. The molecule has 0 aliphatic rings. The third-order valence-corrected chi connectivity index (χ3v) is 4.08. The molecule has 1 heterocycles. The van der Waals surface area contributed by atoms with Crippen LogP contribution in [0.5, 0.6) is 0 Å². The van der Waals surface area contributed by atoms with E-state index < -0.39 is 10.0 Å². The number of aromatic nitrogens is 1. The predicted octanol–water partition coefficient (Wildman–Crippen LogP) is 1.03. The molecule has 0 fully saturated rings. The van der Waals surface area contributed by atoms with E-state index in [1.54, 1.807) is 22.9 Å². The van der Waals surface area contributed by atoms with E-state index in [9.17, 15) is 8.42 Å². The number of hydrogen-bond donors (Lipinski definition) is 3. The number of rotatable bonds is 5. The van der Waals surface area contributed by atoms with Crippen molar-refractivity contribution in [3.05, 3.63) is 34.8 Å². The first-order valence-electron chi connectivity index (χ1n) is 5.50. The maximum absolute atomic E-state index is 11.2. The fraction of sp³-hybridized carbons (Fsp3) is 0.182. The van der Waals surface area contributed by atoms with Gasteiger partial charge in [-0.2, -0.15) is 0 Å². The molecule has 102 valence electrons. The molecule has 0 saturated heterocycles. The summed E-state index contributed by atoms with van der Waals surface area (Å²) in [6.07, 6.45) is 0.778. The highest BCUT2D eigenvalue weighted by atomic mass is 32.2. The summed E-state index contributed by atoms with van der Waals surface area (Å²) in [5.74, 6) is 0. The van der Waals surface area contributed by atoms with Crippen molar-refractivity contribution in [3.8, 4) is 0 Å². The number of hydrogen-bond acceptors (Lipinski definition) is 6. The van der Waals surface area contributed by atoms with Crippen molar-refractivity contribution in [1.29, 1.82) is 0 Å². The monoisotopic (exact) mass is 298 g/mol. The minimum atomic E-state index is -3.71. The molecule has 2 rings (SSSR count). The molecular weight excluding hydrogens is 284 g/mol. The molecule has 1 aromatic heterocycles. The first-order valence-corrected chi connectivity index (χ1v) is 7.99. The summed E-state index contributed by atoms with van der Waals surface area (Å²) >= 11 is 1.55. The molecule has 5 N–H and O–H groups in total. The van der Waals surface area contributed by atoms with Crippen LogP contribution < -0.4 is 16.2 Å². The van der Waals surface area contributed by atoms with E-state index in [2.05, 4.69) is 10.3 Å². The van der Waals surface area contributed by atoms with E-state index in [-0.39, 0.29) is 4.90 Å². The first kappa shape index (κ1) is 13.8. The SMILES string of the molecule is Nc1cc(S(N)(=O)=O)ccc1NCCc1cscn1.